The smallest absolute Gasteiger partial charge is 0.355 e. The second-order valence-electron chi connectivity index (χ2n) is 2.86. The molecule has 2 heterocycles. The average Bonchev–Trinajstić information content (AvgIpc) is 2.48. The van der Waals surface area contributed by atoms with E-state index in [1.807, 2.05) is 6.92 Å². The molecule has 2 rings (SSSR count). The number of aromatic amines is 1. The molecule has 0 amide bonds. The fourth-order valence-corrected chi connectivity index (χ4v) is 1.40. The highest BCUT2D eigenvalue weighted by Crippen LogP contribution is 2.19. The molecule has 0 aliphatic heterocycles. The number of aryl methyl sites for hydroxylation is 1. The highest BCUT2D eigenvalue weighted by molar-refractivity contribution is 6.02. The van der Waals surface area contributed by atoms with Crippen molar-refractivity contribution in [2.75, 3.05) is 0 Å². The van der Waals surface area contributed by atoms with E-state index in [1.54, 1.807) is 12.3 Å². The number of carbonyl (C=O) groups is 1. The van der Waals surface area contributed by atoms with Crippen molar-refractivity contribution in [3.05, 3.63) is 29.7 Å². The number of pyridine rings is 1. The molecule has 2 aromatic heterocycles. The number of fused-ring (bicyclic) bond motifs is 1. The Bertz CT molecular complexity index is 473. The summed E-state index contributed by atoms with van der Waals surface area (Å²) in [6.45, 7) is 1.85. The van der Waals surface area contributed by atoms with Crippen LogP contribution in [-0.4, -0.2) is 21.0 Å². The van der Waals surface area contributed by atoms with E-state index in [9.17, 15) is 4.79 Å². The van der Waals surface area contributed by atoms with Crippen molar-refractivity contribution in [1.29, 1.82) is 0 Å². The van der Waals surface area contributed by atoms with Crippen LogP contribution in [0, 0.1) is 6.92 Å². The molecule has 2 N–H and O–H groups in total. The van der Waals surface area contributed by atoms with Crippen molar-refractivity contribution in [2.24, 2.45) is 0 Å². The molecule has 4 nitrogen and oxygen atoms in total. The summed E-state index contributed by atoms with van der Waals surface area (Å²) in [5.74, 6) is -0.992. The first-order valence-electron chi connectivity index (χ1n) is 3.86. The van der Waals surface area contributed by atoms with Gasteiger partial charge in [-0.05, 0) is 18.6 Å². The van der Waals surface area contributed by atoms with Gasteiger partial charge in [0, 0.05) is 23.3 Å². The third kappa shape index (κ3) is 1.07. The Labute approximate surface area is 74.2 Å². The minimum absolute atomic E-state index is 0.108. The van der Waals surface area contributed by atoms with Gasteiger partial charge in [-0.25, -0.2) is 9.78 Å². The SMILES string of the molecule is Cc1c[nH]c2ccnc(C(=O)O)c12. The van der Waals surface area contributed by atoms with Gasteiger partial charge in [0.2, 0.25) is 0 Å². The van der Waals surface area contributed by atoms with Crippen molar-refractivity contribution in [3.8, 4) is 0 Å². The molecule has 0 fully saturated rings. The van der Waals surface area contributed by atoms with Crippen molar-refractivity contribution in [3.63, 3.8) is 0 Å². The van der Waals surface area contributed by atoms with Crippen LogP contribution in [0.25, 0.3) is 10.9 Å². The number of carboxylic acid groups (broad SMARTS) is 1. The Hall–Kier alpha value is -1.84. The Morgan fingerprint density at radius 1 is 1.62 bits per heavy atom. The molecule has 0 saturated heterocycles. The predicted molar refractivity (Wildman–Crippen MR) is 47.8 cm³/mol. The lowest BCUT2D eigenvalue weighted by atomic mass is 10.2. The molecular weight excluding hydrogens is 168 g/mol. The Kier molecular flexibility index (Phi) is 1.55. The first-order chi connectivity index (χ1) is 6.20. The molecule has 0 aliphatic carbocycles. The molecule has 66 valence electrons. The van der Waals surface area contributed by atoms with Gasteiger partial charge < -0.3 is 10.1 Å². The number of hydrogen-bond donors (Lipinski definition) is 2. The number of nitrogens with one attached hydrogen (secondary N) is 1. The van der Waals surface area contributed by atoms with Gasteiger partial charge in [0.15, 0.2) is 5.69 Å². The maximum absolute atomic E-state index is 10.8. The van der Waals surface area contributed by atoms with Gasteiger partial charge >= 0.3 is 5.97 Å². The molecule has 0 radical (unpaired) electrons. The average molecular weight is 176 g/mol. The maximum atomic E-state index is 10.8. The van der Waals surface area contributed by atoms with Gasteiger partial charge in [-0.1, -0.05) is 0 Å². The molecule has 0 spiro atoms. The lowest BCUT2D eigenvalue weighted by Gasteiger charge is -1.96. The second-order valence-corrected chi connectivity index (χ2v) is 2.86. The summed E-state index contributed by atoms with van der Waals surface area (Å²) in [5, 5.41) is 9.54. The fraction of sp³-hybridized carbons (Fsp3) is 0.111. The molecule has 0 aliphatic rings. The van der Waals surface area contributed by atoms with Crippen LogP contribution in [-0.2, 0) is 0 Å². The van der Waals surface area contributed by atoms with E-state index < -0.39 is 5.97 Å². The molecule has 0 bridgehead atoms. The van der Waals surface area contributed by atoms with E-state index in [-0.39, 0.29) is 5.69 Å². The topological polar surface area (TPSA) is 66.0 Å². The number of H-pyrrole nitrogens is 1. The Morgan fingerprint density at radius 2 is 2.38 bits per heavy atom. The Balaban J connectivity index is 2.88. The van der Waals surface area contributed by atoms with Crippen molar-refractivity contribution >= 4 is 16.9 Å². The van der Waals surface area contributed by atoms with Crippen molar-refractivity contribution < 1.29 is 9.90 Å². The fourth-order valence-electron chi connectivity index (χ4n) is 1.40. The zero-order chi connectivity index (χ0) is 9.42. The number of carboxylic acids is 1. The number of nitrogens with zero attached hydrogens (tertiary/aromatic N) is 1. The van der Waals surface area contributed by atoms with E-state index >= 15 is 0 Å². The highest BCUT2D eigenvalue weighted by atomic mass is 16.4. The zero-order valence-electron chi connectivity index (χ0n) is 7.03. The van der Waals surface area contributed by atoms with Crippen LogP contribution in [0.3, 0.4) is 0 Å². The molecule has 0 atom stereocenters. The monoisotopic (exact) mass is 176 g/mol. The lowest BCUT2D eigenvalue weighted by molar-refractivity contribution is 0.0693. The standard InChI is InChI=1S/C9H8N2O2/c1-5-4-11-6-2-3-10-8(7(5)6)9(12)13/h2-4,11H,1H3,(H,12,13). The number of aromatic nitrogens is 2. The van der Waals surface area contributed by atoms with Crippen molar-refractivity contribution in [1.82, 2.24) is 9.97 Å². The number of rotatable bonds is 1. The maximum Gasteiger partial charge on any atom is 0.355 e. The van der Waals surface area contributed by atoms with Crippen LogP contribution < -0.4 is 0 Å². The summed E-state index contributed by atoms with van der Waals surface area (Å²) in [7, 11) is 0. The third-order valence-corrected chi connectivity index (χ3v) is 1.99. The molecule has 0 unspecified atom stereocenters. The highest BCUT2D eigenvalue weighted by Gasteiger charge is 2.12. The minimum atomic E-state index is -0.992. The number of hydrogen-bond acceptors (Lipinski definition) is 2. The second kappa shape index (κ2) is 2.58. The number of aromatic carboxylic acids is 1. The van der Waals surface area contributed by atoms with E-state index in [0.717, 1.165) is 11.1 Å². The van der Waals surface area contributed by atoms with Crippen LogP contribution in [0.15, 0.2) is 18.5 Å². The van der Waals surface area contributed by atoms with Gasteiger partial charge in [-0.3, -0.25) is 0 Å². The van der Waals surface area contributed by atoms with Crippen LogP contribution in [0.1, 0.15) is 16.1 Å². The van der Waals surface area contributed by atoms with Gasteiger partial charge in [-0.2, -0.15) is 0 Å². The van der Waals surface area contributed by atoms with Gasteiger partial charge in [0.1, 0.15) is 0 Å². The van der Waals surface area contributed by atoms with E-state index in [0.29, 0.717) is 5.39 Å². The molecule has 2 aromatic rings. The van der Waals surface area contributed by atoms with Gasteiger partial charge in [0.25, 0.3) is 0 Å². The summed E-state index contributed by atoms with van der Waals surface area (Å²) in [5.41, 5.74) is 1.82. The first kappa shape index (κ1) is 7.79. The largest absolute Gasteiger partial charge is 0.476 e. The minimum Gasteiger partial charge on any atom is -0.476 e. The Morgan fingerprint density at radius 3 is 3.08 bits per heavy atom. The van der Waals surface area contributed by atoms with E-state index in [4.69, 9.17) is 5.11 Å². The van der Waals surface area contributed by atoms with Crippen LogP contribution in [0.5, 0.6) is 0 Å². The zero-order valence-corrected chi connectivity index (χ0v) is 7.03. The predicted octanol–water partition coefficient (Wildman–Crippen LogP) is 1.57. The molecule has 4 heteroatoms. The van der Waals surface area contributed by atoms with E-state index in [1.165, 1.54) is 6.20 Å². The molecule has 13 heavy (non-hydrogen) atoms. The van der Waals surface area contributed by atoms with Gasteiger partial charge in [0.05, 0.1) is 0 Å². The van der Waals surface area contributed by atoms with Gasteiger partial charge in [-0.15, -0.1) is 0 Å². The summed E-state index contributed by atoms with van der Waals surface area (Å²) in [6, 6.07) is 1.76. The van der Waals surface area contributed by atoms with Crippen molar-refractivity contribution in [2.45, 2.75) is 6.92 Å². The normalized spacial score (nSPS) is 10.5. The molecule has 0 aromatic carbocycles. The van der Waals surface area contributed by atoms with Crippen LogP contribution in [0.4, 0.5) is 0 Å². The quantitative estimate of drug-likeness (QED) is 0.693. The van der Waals surface area contributed by atoms with E-state index in [2.05, 4.69) is 9.97 Å². The summed E-state index contributed by atoms with van der Waals surface area (Å²) < 4.78 is 0. The molecule has 0 saturated carbocycles. The van der Waals surface area contributed by atoms with Crippen LogP contribution in [0.2, 0.25) is 0 Å². The lowest BCUT2D eigenvalue weighted by Crippen LogP contribution is -2.00. The molecular formula is C9H8N2O2. The van der Waals surface area contributed by atoms with Crippen LogP contribution >= 0.6 is 0 Å². The first-order valence-corrected chi connectivity index (χ1v) is 3.86. The summed E-state index contributed by atoms with van der Waals surface area (Å²) in [6.07, 6.45) is 3.26. The summed E-state index contributed by atoms with van der Waals surface area (Å²) >= 11 is 0. The summed E-state index contributed by atoms with van der Waals surface area (Å²) in [4.78, 5) is 17.6. The third-order valence-electron chi connectivity index (χ3n) is 1.99.